The molecule has 0 aliphatic rings. The molecule has 0 aromatic heterocycles. The van der Waals surface area contributed by atoms with Gasteiger partial charge in [-0.2, -0.15) is 8.42 Å². The molecule has 0 unspecified atom stereocenters. The molecule has 0 spiro atoms. The highest BCUT2D eigenvalue weighted by atomic mass is 32.2. The molecule has 0 aliphatic heterocycles. The van der Waals surface area contributed by atoms with Crippen LogP contribution in [0.3, 0.4) is 0 Å². The molecule has 0 saturated heterocycles. The molecule has 0 amide bonds. The van der Waals surface area contributed by atoms with Gasteiger partial charge in [0.1, 0.15) is 22.3 Å². The van der Waals surface area contributed by atoms with Gasteiger partial charge in [0.05, 0.1) is 0 Å². The summed E-state index contributed by atoms with van der Waals surface area (Å²) in [6.07, 6.45) is 0. The Bertz CT molecular complexity index is 779. The second-order valence-corrected chi connectivity index (χ2v) is 6.34. The zero-order valence-electron chi connectivity index (χ0n) is 11.8. The fraction of sp³-hybridized carbons (Fsp3) is 0.200. The Morgan fingerprint density at radius 1 is 0.905 bits per heavy atom. The first kappa shape index (κ1) is 15.4. The molecule has 3 nitrogen and oxygen atoms in total. The van der Waals surface area contributed by atoms with Gasteiger partial charge in [0.25, 0.3) is 0 Å². The molecule has 0 bridgehead atoms. The third-order valence-electron chi connectivity index (χ3n) is 3.19. The van der Waals surface area contributed by atoms with Gasteiger partial charge in [0.15, 0.2) is 0 Å². The minimum Gasteiger partial charge on any atom is -0.378 e. The molecule has 21 heavy (non-hydrogen) atoms. The molecule has 0 fully saturated rings. The summed E-state index contributed by atoms with van der Waals surface area (Å²) in [5.41, 5.74) is 2.14. The first-order valence-corrected chi connectivity index (χ1v) is 7.59. The Balaban J connectivity index is 2.50. The van der Waals surface area contributed by atoms with E-state index in [0.717, 1.165) is 17.7 Å². The summed E-state index contributed by atoms with van der Waals surface area (Å²) in [5, 5.41) is 0. The van der Waals surface area contributed by atoms with Gasteiger partial charge in [-0.25, -0.2) is 8.78 Å². The molecule has 0 N–H and O–H groups in total. The number of benzene rings is 2. The lowest BCUT2D eigenvalue weighted by Crippen LogP contribution is -2.12. The van der Waals surface area contributed by atoms with Crippen molar-refractivity contribution >= 4 is 10.1 Å². The molecule has 2 aromatic carbocycles. The lowest BCUT2D eigenvalue weighted by Gasteiger charge is -2.13. The van der Waals surface area contributed by atoms with Gasteiger partial charge in [0.2, 0.25) is 0 Å². The van der Waals surface area contributed by atoms with E-state index in [2.05, 4.69) is 0 Å². The molecule has 0 aliphatic carbocycles. The lowest BCUT2D eigenvalue weighted by molar-refractivity contribution is 0.478. The van der Waals surface area contributed by atoms with Crippen molar-refractivity contribution in [3.63, 3.8) is 0 Å². The van der Waals surface area contributed by atoms with Gasteiger partial charge in [-0.3, -0.25) is 0 Å². The van der Waals surface area contributed by atoms with Gasteiger partial charge in [-0.15, -0.1) is 0 Å². The molecule has 0 radical (unpaired) electrons. The summed E-state index contributed by atoms with van der Waals surface area (Å²) in [7, 11) is -4.30. The molecule has 0 atom stereocenters. The molecule has 0 saturated carbocycles. The van der Waals surface area contributed by atoms with Crippen LogP contribution in [-0.4, -0.2) is 8.42 Å². The largest absolute Gasteiger partial charge is 0.378 e. The normalized spacial score (nSPS) is 11.5. The van der Waals surface area contributed by atoms with E-state index in [-0.39, 0.29) is 5.75 Å². The fourth-order valence-corrected chi connectivity index (χ4v) is 2.97. The van der Waals surface area contributed by atoms with Gasteiger partial charge in [-0.05, 0) is 49.6 Å². The van der Waals surface area contributed by atoms with E-state index in [9.17, 15) is 17.2 Å². The SMILES string of the molecule is Cc1ccc(C)c(OS(=O)(=O)c2cc(F)cc(F)c2)c1C. The first-order valence-electron chi connectivity index (χ1n) is 6.18. The van der Waals surface area contributed by atoms with Gasteiger partial charge >= 0.3 is 10.1 Å². The lowest BCUT2D eigenvalue weighted by atomic mass is 10.1. The number of hydrogen-bond acceptors (Lipinski definition) is 3. The van der Waals surface area contributed by atoms with Crippen molar-refractivity contribution in [1.29, 1.82) is 0 Å². The average Bonchev–Trinajstić information content (AvgIpc) is 2.38. The summed E-state index contributed by atoms with van der Waals surface area (Å²) in [4.78, 5) is -0.555. The minimum atomic E-state index is -4.30. The van der Waals surface area contributed by atoms with Crippen LogP contribution in [0.15, 0.2) is 35.2 Å². The highest BCUT2D eigenvalue weighted by Gasteiger charge is 2.21. The van der Waals surface area contributed by atoms with Crippen molar-refractivity contribution in [2.45, 2.75) is 25.7 Å². The van der Waals surface area contributed by atoms with Gasteiger partial charge in [-0.1, -0.05) is 12.1 Å². The maximum atomic E-state index is 13.2. The highest BCUT2D eigenvalue weighted by Crippen LogP contribution is 2.29. The number of rotatable bonds is 3. The summed E-state index contributed by atoms with van der Waals surface area (Å²) < 4.78 is 55.7. The average molecular weight is 312 g/mol. The van der Waals surface area contributed by atoms with Crippen molar-refractivity contribution in [2.24, 2.45) is 0 Å². The molecular formula is C15H14F2O3S. The van der Waals surface area contributed by atoms with E-state index >= 15 is 0 Å². The number of hydrogen-bond donors (Lipinski definition) is 0. The van der Waals surface area contributed by atoms with Crippen molar-refractivity contribution in [1.82, 2.24) is 0 Å². The van der Waals surface area contributed by atoms with Crippen molar-refractivity contribution < 1.29 is 21.4 Å². The highest BCUT2D eigenvalue weighted by molar-refractivity contribution is 7.87. The van der Waals surface area contributed by atoms with Crippen LogP contribution in [0.2, 0.25) is 0 Å². The Morgan fingerprint density at radius 2 is 1.43 bits per heavy atom. The van der Waals surface area contributed by atoms with Crippen molar-refractivity contribution in [3.05, 3.63) is 58.7 Å². The molecular weight excluding hydrogens is 298 g/mol. The third kappa shape index (κ3) is 3.21. The molecule has 2 aromatic rings. The maximum Gasteiger partial charge on any atom is 0.339 e. The van der Waals surface area contributed by atoms with Crippen LogP contribution < -0.4 is 4.18 Å². The van der Waals surface area contributed by atoms with Gasteiger partial charge in [0, 0.05) is 6.07 Å². The predicted octanol–water partition coefficient (Wildman–Crippen LogP) is 3.66. The summed E-state index contributed by atoms with van der Waals surface area (Å²) in [5.74, 6) is -1.77. The van der Waals surface area contributed by atoms with Crippen LogP contribution in [0.1, 0.15) is 16.7 Å². The molecule has 112 valence electrons. The van der Waals surface area contributed by atoms with Crippen LogP contribution in [-0.2, 0) is 10.1 Å². The van der Waals surface area contributed by atoms with E-state index in [4.69, 9.17) is 4.18 Å². The standard InChI is InChI=1S/C15H14F2O3S/c1-9-4-5-10(2)15(11(9)3)20-21(18,19)14-7-12(16)6-13(17)8-14/h4-8H,1-3H3. The molecule has 0 heterocycles. The van der Waals surface area contributed by atoms with Crippen molar-refractivity contribution in [2.75, 3.05) is 0 Å². The molecule has 2 rings (SSSR count). The quantitative estimate of drug-likeness (QED) is 0.812. The van der Waals surface area contributed by atoms with Crippen LogP contribution in [0.25, 0.3) is 0 Å². The molecule has 6 heteroatoms. The van der Waals surface area contributed by atoms with E-state index in [1.54, 1.807) is 19.9 Å². The van der Waals surface area contributed by atoms with Crippen LogP contribution in [0.4, 0.5) is 8.78 Å². The zero-order valence-corrected chi connectivity index (χ0v) is 12.6. The van der Waals surface area contributed by atoms with Crippen LogP contribution >= 0.6 is 0 Å². The van der Waals surface area contributed by atoms with Crippen molar-refractivity contribution in [3.8, 4) is 5.75 Å². The van der Waals surface area contributed by atoms with Crippen LogP contribution in [0.5, 0.6) is 5.75 Å². The summed E-state index contributed by atoms with van der Waals surface area (Å²) in [6.45, 7) is 5.24. The van der Waals surface area contributed by atoms with E-state index in [0.29, 0.717) is 17.2 Å². The Labute approximate surface area is 122 Å². The smallest absolute Gasteiger partial charge is 0.339 e. The monoisotopic (exact) mass is 312 g/mol. The maximum absolute atomic E-state index is 13.2. The zero-order chi connectivity index (χ0) is 15.8. The first-order chi connectivity index (χ1) is 9.70. The fourth-order valence-electron chi connectivity index (χ4n) is 1.88. The van der Waals surface area contributed by atoms with E-state index < -0.39 is 26.6 Å². The number of aryl methyl sites for hydroxylation is 2. The topological polar surface area (TPSA) is 43.4 Å². The third-order valence-corrected chi connectivity index (χ3v) is 4.39. The van der Waals surface area contributed by atoms with E-state index in [1.807, 2.05) is 13.0 Å². The summed E-state index contributed by atoms with van der Waals surface area (Å²) in [6, 6.07) is 5.60. The second kappa shape index (κ2) is 5.44. The Kier molecular flexibility index (Phi) is 4.00. The van der Waals surface area contributed by atoms with Crippen LogP contribution in [0, 0.1) is 32.4 Å². The summed E-state index contributed by atoms with van der Waals surface area (Å²) >= 11 is 0. The Hall–Kier alpha value is -1.95. The van der Waals surface area contributed by atoms with E-state index in [1.165, 1.54) is 0 Å². The van der Waals surface area contributed by atoms with Gasteiger partial charge < -0.3 is 4.18 Å². The number of halogens is 2. The minimum absolute atomic E-state index is 0.180. The predicted molar refractivity (Wildman–Crippen MR) is 74.8 cm³/mol. The second-order valence-electron chi connectivity index (χ2n) is 4.80. The Morgan fingerprint density at radius 3 is 2.00 bits per heavy atom.